The zero-order valence-electron chi connectivity index (χ0n) is 17.8. The van der Waals surface area contributed by atoms with Crippen LogP contribution < -0.4 is 5.32 Å². The number of urea groups is 1. The molecular formula is C23H31N3O4. The van der Waals surface area contributed by atoms with Gasteiger partial charge >= 0.3 is 6.03 Å². The molecule has 0 bridgehead atoms. The van der Waals surface area contributed by atoms with Gasteiger partial charge in [0.2, 0.25) is 5.91 Å². The van der Waals surface area contributed by atoms with Crippen molar-refractivity contribution >= 4 is 17.8 Å². The van der Waals surface area contributed by atoms with E-state index in [1.165, 1.54) is 0 Å². The minimum Gasteiger partial charge on any atom is -0.367 e. The molecule has 4 amide bonds. The van der Waals surface area contributed by atoms with Crippen molar-refractivity contribution in [3.63, 3.8) is 0 Å². The zero-order chi connectivity index (χ0) is 21.3. The number of hydrogen-bond acceptors (Lipinski definition) is 4. The number of hydrogen-bond donors (Lipinski definition) is 1. The maximum absolute atomic E-state index is 13.1. The predicted octanol–water partition coefficient (Wildman–Crippen LogP) is 2.87. The molecule has 162 valence electrons. The summed E-state index contributed by atoms with van der Waals surface area (Å²) in [4.78, 5) is 41.5. The lowest BCUT2D eigenvalue weighted by atomic mass is 9.75. The number of carbonyl (C=O) groups excluding carboxylic acids is 3. The fourth-order valence-electron chi connectivity index (χ4n) is 4.98. The normalized spacial score (nSPS) is 31.9. The van der Waals surface area contributed by atoms with E-state index < -0.39 is 11.6 Å². The van der Waals surface area contributed by atoms with Crippen molar-refractivity contribution in [1.29, 1.82) is 0 Å². The van der Waals surface area contributed by atoms with Crippen LogP contribution in [0.4, 0.5) is 4.79 Å². The van der Waals surface area contributed by atoms with E-state index in [0.29, 0.717) is 31.8 Å². The zero-order valence-corrected chi connectivity index (χ0v) is 17.8. The highest BCUT2D eigenvalue weighted by molar-refractivity contribution is 6.09. The second-order valence-electron chi connectivity index (χ2n) is 8.90. The third-order valence-corrected chi connectivity index (χ3v) is 6.86. The highest BCUT2D eigenvalue weighted by Gasteiger charge is 2.52. The Kier molecular flexibility index (Phi) is 5.82. The molecule has 3 aliphatic rings. The molecule has 3 fully saturated rings. The smallest absolute Gasteiger partial charge is 0.325 e. The van der Waals surface area contributed by atoms with Crippen LogP contribution in [0.2, 0.25) is 0 Å². The summed E-state index contributed by atoms with van der Waals surface area (Å²) in [6.45, 7) is 4.76. The van der Waals surface area contributed by atoms with Crippen LogP contribution in [0.3, 0.4) is 0 Å². The Morgan fingerprint density at radius 2 is 1.87 bits per heavy atom. The van der Waals surface area contributed by atoms with Gasteiger partial charge in [0, 0.05) is 6.54 Å². The van der Waals surface area contributed by atoms with Crippen LogP contribution in [0.25, 0.3) is 0 Å². The van der Waals surface area contributed by atoms with Gasteiger partial charge in [0.15, 0.2) is 0 Å². The number of rotatable bonds is 4. The number of nitrogens with zero attached hydrogens (tertiary/aromatic N) is 2. The standard InChI is InChI=1S/C23H31N3O4/c1-3-17-9-11-23(12-10-17)21(28)26(22(29)24-23)15-20(27)25-13-16(2)30-19(14-25)18-7-5-4-6-8-18/h4-8,16-17,19H,3,9-15H2,1-2H3,(H,24,29). The van der Waals surface area contributed by atoms with Gasteiger partial charge in [-0.15, -0.1) is 0 Å². The number of benzene rings is 1. The minimum absolute atomic E-state index is 0.119. The molecule has 1 aromatic rings. The number of carbonyl (C=O) groups is 3. The van der Waals surface area contributed by atoms with Crippen molar-refractivity contribution in [2.24, 2.45) is 5.92 Å². The maximum Gasteiger partial charge on any atom is 0.325 e. The Bertz CT molecular complexity index is 804. The highest BCUT2D eigenvalue weighted by Crippen LogP contribution is 2.37. The topological polar surface area (TPSA) is 79.0 Å². The molecule has 1 aliphatic carbocycles. The molecule has 0 aromatic heterocycles. The van der Waals surface area contributed by atoms with Crippen LogP contribution in [-0.4, -0.2) is 58.9 Å². The van der Waals surface area contributed by atoms with Gasteiger partial charge < -0.3 is 15.0 Å². The van der Waals surface area contributed by atoms with E-state index in [-0.39, 0.29) is 30.6 Å². The van der Waals surface area contributed by atoms with E-state index in [4.69, 9.17) is 4.74 Å². The van der Waals surface area contributed by atoms with Gasteiger partial charge in [-0.2, -0.15) is 0 Å². The van der Waals surface area contributed by atoms with Crippen molar-refractivity contribution in [2.45, 2.75) is 63.7 Å². The quantitative estimate of drug-likeness (QED) is 0.770. The summed E-state index contributed by atoms with van der Waals surface area (Å²) in [7, 11) is 0. The lowest BCUT2D eigenvalue weighted by molar-refractivity contribution is -0.148. The first kappa shape index (κ1) is 20.8. The Hall–Kier alpha value is -2.41. The lowest BCUT2D eigenvalue weighted by Crippen LogP contribution is -2.51. The fourth-order valence-corrected chi connectivity index (χ4v) is 4.98. The molecule has 1 aromatic carbocycles. The third kappa shape index (κ3) is 3.95. The summed E-state index contributed by atoms with van der Waals surface area (Å²) in [5.74, 6) is 0.158. The monoisotopic (exact) mass is 413 g/mol. The Labute approximate surface area is 177 Å². The van der Waals surface area contributed by atoms with E-state index in [0.717, 1.165) is 29.7 Å². The molecule has 1 saturated carbocycles. The summed E-state index contributed by atoms with van der Waals surface area (Å²) in [5.41, 5.74) is 0.206. The molecule has 1 N–H and O–H groups in total. The molecule has 2 aliphatic heterocycles. The van der Waals surface area contributed by atoms with Crippen LogP contribution in [0.15, 0.2) is 30.3 Å². The van der Waals surface area contributed by atoms with Crippen molar-refractivity contribution in [2.75, 3.05) is 19.6 Å². The van der Waals surface area contributed by atoms with E-state index in [1.54, 1.807) is 4.90 Å². The molecule has 2 heterocycles. The average Bonchev–Trinajstić information content (AvgIpc) is 2.98. The van der Waals surface area contributed by atoms with Crippen molar-refractivity contribution in [3.05, 3.63) is 35.9 Å². The van der Waals surface area contributed by atoms with Crippen molar-refractivity contribution < 1.29 is 19.1 Å². The largest absolute Gasteiger partial charge is 0.367 e. The second-order valence-corrected chi connectivity index (χ2v) is 8.90. The first-order valence-corrected chi connectivity index (χ1v) is 11.0. The van der Waals surface area contributed by atoms with Gasteiger partial charge in [-0.1, -0.05) is 43.7 Å². The molecule has 2 atom stereocenters. The summed E-state index contributed by atoms with van der Waals surface area (Å²) < 4.78 is 6.02. The fraction of sp³-hybridized carbons (Fsp3) is 0.609. The molecule has 0 radical (unpaired) electrons. The number of amides is 4. The van der Waals surface area contributed by atoms with Crippen LogP contribution in [0.5, 0.6) is 0 Å². The number of imide groups is 1. The first-order valence-electron chi connectivity index (χ1n) is 11.0. The number of ether oxygens (including phenoxy) is 1. The summed E-state index contributed by atoms with van der Waals surface area (Å²) in [5, 5.41) is 2.91. The molecule has 7 nitrogen and oxygen atoms in total. The summed E-state index contributed by atoms with van der Waals surface area (Å²) in [6.07, 6.45) is 3.95. The molecule has 2 saturated heterocycles. The summed E-state index contributed by atoms with van der Waals surface area (Å²) in [6, 6.07) is 9.37. The van der Waals surface area contributed by atoms with Gasteiger partial charge in [0.1, 0.15) is 18.2 Å². The summed E-state index contributed by atoms with van der Waals surface area (Å²) >= 11 is 0. The van der Waals surface area contributed by atoms with Gasteiger partial charge in [-0.3, -0.25) is 14.5 Å². The maximum atomic E-state index is 13.1. The van der Waals surface area contributed by atoms with E-state index in [1.807, 2.05) is 37.3 Å². The second kappa shape index (κ2) is 8.38. The van der Waals surface area contributed by atoms with Crippen molar-refractivity contribution in [1.82, 2.24) is 15.1 Å². The molecule has 1 spiro atoms. The Morgan fingerprint density at radius 1 is 1.17 bits per heavy atom. The van der Waals surface area contributed by atoms with Crippen molar-refractivity contribution in [3.8, 4) is 0 Å². The van der Waals surface area contributed by atoms with Crippen LogP contribution in [0, 0.1) is 5.92 Å². The van der Waals surface area contributed by atoms with Crippen LogP contribution in [0.1, 0.15) is 57.6 Å². The third-order valence-electron chi connectivity index (χ3n) is 6.86. The SMILES string of the molecule is CCC1CCC2(CC1)NC(=O)N(CC(=O)N1CC(C)OC(c3ccccc3)C1)C2=O. The predicted molar refractivity (Wildman–Crippen MR) is 112 cm³/mol. The molecule has 7 heteroatoms. The van der Waals surface area contributed by atoms with Gasteiger partial charge in [-0.25, -0.2) is 4.79 Å². The van der Waals surface area contributed by atoms with E-state index in [9.17, 15) is 14.4 Å². The van der Waals surface area contributed by atoms with Crippen LogP contribution in [-0.2, 0) is 14.3 Å². The average molecular weight is 414 g/mol. The molecule has 2 unspecified atom stereocenters. The highest BCUT2D eigenvalue weighted by atomic mass is 16.5. The Morgan fingerprint density at radius 3 is 2.53 bits per heavy atom. The van der Waals surface area contributed by atoms with Gasteiger partial charge in [-0.05, 0) is 44.1 Å². The molecule has 30 heavy (non-hydrogen) atoms. The van der Waals surface area contributed by atoms with E-state index >= 15 is 0 Å². The molecular weight excluding hydrogens is 382 g/mol. The Balaban J connectivity index is 1.42. The number of nitrogens with one attached hydrogen (secondary N) is 1. The van der Waals surface area contributed by atoms with E-state index in [2.05, 4.69) is 12.2 Å². The first-order chi connectivity index (χ1) is 14.4. The van der Waals surface area contributed by atoms with Gasteiger partial charge in [0.25, 0.3) is 5.91 Å². The lowest BCUT2D eigenvalue weighted by Gasteiger charge is -2.37. The number of morpholine rings is 1. The minimum atomic E-state index is -0.812. The van der Waals surface area contributed by atoms with Gasteiger partial charge in [0.05, 0.1) is 12.6 Å². The molecule has 4 rings (SSSR count). The van der Waals surface area contributed by atoms with Crippen LogP contribution >= 0.6 is 0 Å².